The fourth-order valence-corrected chi connectivity index (χ4v) is 3.04. The van der Waals surface area contributed by atoms with E-state index >= 15 is 0 Å². The van der Waals surface area contributed by atoms with Gasteiger partial charge < -0.3 is 31.5 Å². The number of nitrogens with zero attached hydrogens (tertiary/aromatic N) is 1. The third-order valence-electron chi connectivity index (χ3n) is 4.31. The lowest BCUT2D eigenvalue weighted by Crippen LogP contribution is -2.57. The highest BCUT2D eigenvalue weighted by Gasteiger charge is 2.38. The van der Waals surface area contributed by atoms with Crippen LogP contribution in [0.4, 0.5) is 0 Å². The Morgan fingerprint density at radius 3 is 2.25 bits per heavy atom. The fourth-order valence-electron chi connectivity index (χ4n) is 2.78. The molecule has 0 spiro atoms. The smallest absolute Gasteiger partial charge is 0.326 e. The van der Waals surface area contributed by atoms with Crippen molar-refractivity contribution >= 4 is 42.3 Å². The number of aliphatic carboxylic acids is 2. The van der Waals surface area contributed by atoms with Gasteiger partial charge in [0, 0.05) is 18.7 Å². The maximum Gasteiger partial charge on any atom is 0.326 e. The summed E-state index contributed by atoms with van der Waals surface area (Å²) in [6, 6.07) is -4.20. The van der Waals surface area contributed by atoms with Crippen molar-refractivity contribution < 1.29 is 34.2 Å². The molecule has 4 atom stereocenters. The molecule has 0 aromatic heterocycles. The van der Waals surface area contributed by atoms with Gasteiger partial charge in [-0.15, -0.1) is 0 Å². The molecule has 1 heterocycles. The number of hydrogen-bond acceptors (Lipinski definition) is 7. The second-order valence-corrected chi connectivity index (χ2v) is 6.92. The van der Waals surface area contributed by atoms with Crippen molar-refractivity contribution in [3.63, 3.8) is 0 Å². The van der Waals surface area contributed by atoms with Gasteiger partial charge in [0.15, 0.2) is 0 Å². The van der Waals surface area contributed by atoms with Crippen LogP contribution in [-0.4, -0.2) is 81.2 Å². The van der Waals surface area contributed by atoms with Crippen LogP contribution in [0.2, 0.25) is 0 Å². The molecule has 4 unspecified atom stereocenters. The van der Waals surface area contributed by atoms with Gasteiger partial charge in [0.05, 0.1) is 6.04 Å². The minimum atomic E-state index is -1.24. The Balaban J connectivity index is 2.92. The van der Waals surface area contributed by atoms with Crippen LogP contribution in [-0.2, 0) is 24.0 Å². The topological polar surface area (TPSA) is 179 Å². The molecule has 1 fully saturated rings. The Morgan fingerprint density at radius 2 is 1.75 bits per heavy atom. The summed E-state index contributed by atoms with van der Waals surface area (Å²) in [6.07, 6.45) is 0.152. The van der Waals surface area contributed by atoms with Crippen molar-refractivity contribution in [3.05, 3.63) is 0 Å². The lowest BCUT2D eigenvalue weighted by Gasteiger charge is -2.28. The minimum Gasteiger partial charge on any atom is -0.481 e. The number of carbonyl (C=O) groups is 5. The van der Waals surface area contributed by atoms with Crippen molar-refractivity contribution in [3.8, 4) is 0 Å². The molecule has 0 bridgehead atoms. The van der Waals surface area contributed by atoms with Crippen LogP contribution in [0.1, 0.15) is 32.6 Å². The average Bonchev–Trinajstić information content (AvgIpc) is 3.11. The molecule has 12 heteroatoms. The monoisotopic (exact) mass is 418 g/mol. The molecule has 3 amide bonds. The first kappa shape index (κ1) is 23.7. The number of thiol groups is 1. The summed E-state index contributed by atoms with van der Waals surface area (Å²) in [7, 11) is 0. The van der Waals surface area contributed by atoms with Gasteiger partial charge in [-0.3, -0.25) is 19.2 Å². The molecule has 1 aliphatic heterocycles. The Morgan fingerprint density at radius 1 is 1.14 bits per heavy atom. The first-order valence-electron chi connectivity index (χ1n) is 8.80. The molecule has 6 N–H and O–H groups in total. The summed E-state index contributed by atoms with van der Waals surface area (Å²) in [4.78, 5) is 60.3. The van der Waals surface area contributed by atoms with Crippen molar-refractivity contribution in [2.45, 2.75) is 56.8 Å². The fraction of sp³-hybridized carbons (Fsp3) is 0.688. The van der Waals surface area contributed by atoms with Gasteiger partial charge in [-0.1, -0.05) is 0 Å². The number of carboxylic acids is 2. The van der Waals surface area contributed by atoms with Gasteiger partial charge in [0.2, 0.25) is 17.7 Å². The van der Waals surface area contributed by atoms with E-state index in [0.717, 1.165) is 4.90 Å². The second kappa shape index (κ2) is 10.9. The molecule has 0 aromatic rings. The van der Waals surface area contributed by atoms with Gasteiger partial charge in [-0.25, -0.2) is 4.79 Å². The molecule has 0 aliphatic carbocycles. The van der Waals surface area contributed by atoms with Gasteiger partial charge >= 0.3 is 11.9 Å². The van der Waals surface area contributed by atoms with Crippen molar-refractivity contribution in [1.29, 1.82) is 0 Å². The normalized spacial score (nSPS) is 19.4. The summed E-state index contributed by atoms with van der Waals surface area (Å²) < 4.78 is 0. The summed E-state index contributed by atoms with van der Waals surface area (Å²) in [5.41, 5.74) is 5.45. The zero-order chi connectivity index (χ0) is 21.4. The quantitative estimate of drug-likeness (QED) is 0.224. The first-order valence-corrected chi connectivity index (χ1v) is 9.44. The van der Waals surface area contributed by atoms with E-state index in [4.69, 9.17) is 10.8 Å². The van der Waals surface area contributed by atoms with Gasteiger partial charge in [0.25, 0.3) is 0 Å². The van der Waals surface area contributed by atoms with Crippen LogP contribution >= 0.6 is 12.6 Å². The number of carbonyl (C=O) groups excluding carboxylic acids is 3. The van der Waals surface area contributed by atoms with Crippen molar-refractivity contribution in [2.75, 3.05) is 12.3 Å². The zero-order valence-corrected chi connectivity index (χ0v) is 16.4. The van der Waals surface area contributed by atoms with Crippen LogP contribution in [0.15, 0.2) is 0 Å². The minimum absolute atomic E-state index is 0.0778. The predicted molar refractivity (Wildman–Crippen MR) is 101 cm³/mol. The highest BCUT2D eigenvalue weighted by molar-refractivity contribution is 7.80. The molecule has 0 aromatic carbocycles. The molecule has 158 valence electrons. The summed E-state index contributed by atoms with van der Waals surface area (Å²) in [5, 5.41) is 22.9. The molecule has 0 radical (unpaired) electrons. The Bertz CT molecular complexity index is 628. The number of amides is 3. The molecule has 1 aliphatic rings. The third-order valence-corrected chi connectivity index (χ3v) is 4.68. The van der Waals surface area contributed by atoms with Gasteiger partial charge in [-0.2, -0.15) is 12.6 Å². The van der Waals surface area contributed by atoms with E-state index in [1.54, 1.807) is 0 Å². The van der Waals surface area contributed by atoms with E-state index in [1.165, 1.54) is 6.92 Å². The van der Waals surface area contributed by atoms with Crippen LogP contribution in [0.5, 0.6) is 0 Å². The number of hydrogen-bond donors (Lipinski definition) is 6. The lowest BCUT2D eigenvalue weighted by molar-refractivity contribution is -0.150. The van der Waals surface area contributed by atoms with Crippen molar-refractivity contribution in [1.82, 2.24) is 15.5 Å². The molecular weight excluding hydrogens is 392 g/mol. The zero-order valence-electron chi connectivity index (χ0n) is 15.5. The number of rotatable bonds is 10. The Hall–Kier alpha value is -2.34. The van der Waals surface area contributed by atoms with E-state index in [9.17, 15) is 29.1 Å². The standard InChI is InChI=1S/C16H26N4O7S/c1-8(17)13(23)19-10(7-28)14(24)18-9(4-5-12(21)22)15(25)20-6-2-3-11(20)16(26)27/h8-11,28H,2-7,17H2,1H3,(H,18,24)(H,19,23)(H,21,22)(H,26,27). The summed E-state index contributed by atoms with van der Waals surface area (Å²) >= 11 is 4.00. The van der Waals surface area contributed by atoms with E-state index in [1.807, 2.05) is 0 Å². The molecule has 1 rings (SSSR count). The lowest BCUT2D eigenvalue weighted by atomic mass is 10.1. The Labute approximate surface area is 167 Å². The largest absolute Gasteiger partial charge is 0.481 e. The average molecular weight is 418 g/mol. The van der Waals surface area contributed by atoms with Crippen molar-refractivity contribution in [2.24, 2.45) is 5.73 Å². The number of nitrogens with one attached hydrogen (secondary N) is 2. The van der Waals surface area contributed by atoms with Crippen LogP contribution in [0, 0.1) is 0 Å². The SMILES string of the molecule is CC(N)C(=O)NC(CS)C(=O)NC(CCC(=O)O)C(=O)N1CCCC1C(=O)O. The van der Waals surface area contributed by atoms with Crippen LogP contribution < -0.4 is 16.4 Å². The van der Waals surface area contributed by atoms with E-state index in [2.05, 4.69) is 23.3 Å². The molecule has 11 nitrogen and oxygen atoms in total. The summed E-state index contributed by atoms with van der Waals surface area (Å²) in [6.45, 7) is 1.63. The second-order valence-electron chi connectivity index (χ2n) is 6.55. The highest BCUT2D eigenvalue weighted by Crippen LogP contribution is 2.19. The van der Waals surface area contributed by atoms with E-state index in [0.29, 0.717) is 6.42 Å². The molecule has 0 saturated carbocycles. The van der Waals surface area contributed by atoms with E-state index < -0.39 is 60.2 Å². The number of likely N-dealkylation sites (tertiary alicyclic amines) is 1. The molecule has 28 heavy (non-hydrogen) atoms. The molecular formula is C16H26N4O7S. The first-order chi connectivity index (χ1) is 13.1. The predicted octanol–water partition coefficient (Wildman–Crippen LogP) is -1.83. The maximum atomic E-state index is 12.8. The third kappa shape index (κ3) is 6.68. The Kier molecular flexibility index (Phi) is 9.19. The number of carboxylic acid groups (broad SMARTS) is 2. The summed E-state index contributed by atoms with van der Waals surface area (Å²) in [5.74, 6) is -4.40. The van der Waals surface area contributed by atoms with Gasteiger partial charge in [0.1, 0.15) is 18.1 Å². The van der Waals surface area contributed by atoms with Crippen LogP contribution in [0.3, 0.4) is 0 Å². The maximum absolute atomic E-state index is 12.8. The highest BCUT2D eigenvalue weighted by atomic mass is 32.1. The molecule has 1 saturated heterocycles. The van der Waals surface area contributed by atoms with Crippen LogP contribution in [0.25, 0.3) is 0 Å². The van der Waals surface area contributed by atoms with Gasteiger partial charge in [-0.05, 0) is 26.2 Å². The number of nitrogens with two attached hydrogens (primary N) is 1. The van der Waals surface area contributed by atoms with E-state index in [-0.39, 0.29) is 25.1 Å².